The predicted octanol–water partition coefficient (Wildman–Crippen LogP) is 2.52. The molecule has 2 aromatic heterocycles. The van der Waals surface area contributed by atoms with Gasteiger partial charge in [-0.15, -0.1) is 0 Å². The Morgan fingerprint density at radius 1 is 1.15 bits per heavy atom. The number of nitrogens with two attached hydrogens (primary N) is 2. The van der Waals surface area contributed by atoms with Crippen LogP contribution in [0, 0.1) is 5.82 Å². The number of carbonyl (C=O) groups is 1. The number of nitrogens with zero attached hydrogens (tertiary/aromatic N) is 4. The smallest absolute Gasteiger partial charge is 0.258 e. The number of anilines is 4. The first-order chi connectivity index (χ1) is 16.4. The number of carbonyl (C=O) groups excluding carboxylic acids is 1. The maximum atomic E-state index is 14.8. The first kappa shape index (κ1) is 22.1. The Morgan fingerprint density at radius 3 is 2.76 bits per heavy atom. The summed E-state index contributed by atoms with van der Waals surface area (Å²) >= 11 is 0. The zero-order valence-corrected chi connectivity index (χ0v) is 18.8. The number of likely N-dealkylation sites (N-methyl/N-ethyl adjacent to an activating group) is 1. The van der Waals surface area contributed by atoms with Crippen molar-refractivity contribution in [1.29, 1.82) is 0 Å². The van der Waals surface area contributed by atoms with Crippen LogP contribution >= 0.6 is 0 Å². The van der Waals surface area contributed by atoms with E-state index in [1.807, 2.05) is 11.9 Å². The summed E-state index contributed by atoms with van der Waals surface area (Å²) in [5.74, 6) is -0.118. The van der Waals surface area contributed by atoms with Crippen molar-refractivity contribution in [2.45, 2.75) is 37.8 Å². The summed E-state index contributed by atoms with van der Waals surface area (Å²) in [5, 5.41) is 6.21. The highest BCUT2D eigenvalue weighted by Gasteiger charge is 2.25. The number of nitrogens with one attached hydrogen (secondary N) is 2. The Labute approximate surface area is 195 Å². The molecule has 5 rings (SSSR count). The monoisotopic (exact) mass is 466 g/mol. The van der Waals surface area contributed by atoms with Crippen LogP contribution in [-0.4, -0.2) is 53.1 Å². The number of hydrogen-bond donors (Lipinski definition) is 4. The van der Waals surface area contributed by atoms with E-state index >= 15 is 0 Å². The number of fused-ring (bicyclic) bond motifs is 2. The molecule has 3 heterocycles. The molecule has 0 spiro atoms. The number of hydrogen-bond acceptors (Lipinski definition) is 9. The van der Waals surface area contributed by atoms with Gasteiger partial charge >= 0.3 is 0 Å². The number of ether oxygens (including phenoxy) is 1. The minimum absolute atomic E-state index is 0.0308. The third-order valence-corrected chi connectivity index (χ3v) is 6.29. The molecule has 3 aromatic rings. The van der Waals surface area contributed by atoms with Crippen LogP contribution in [0.5, 0.6) is 5.88 Å². The van der Waals surface area contributed by atoms with Crippen molar-refractivity contribution in [1.82, 2.24) is 15.0 Å². The van der Waals surface area contributed by atoms with Gasteiger partial charge in [-0.05, 0) is 37.1 Å². The summed E-state index contributed by atoms with van der Waals surface area (Å²) in [7, 11) is 1.93. The van der Waals surface area contributed by atoms with Gasteiger partial charge in [-0.3, -0.25) is 4.79 Å². The van der Waals surface area contributed by atoms with Gasteiger partial charge in [-0.2, -0.15) is 0 Å². The van der Waals surface area contributed by atoms with Crippen molar-refractivity contribution in [2.24, 2.45) is 11.5 Å². The molecular weight excluding hydrogens is 439 g/mol. The number of rotatable bonds is 5. The van der Waals surface area contributed by atoms with Gasteiger partial charge in [0, 0.05) is 24.8 Å². The molecule has 1 fully saturated rings. The van der Waals surface area contributed by atoms with Crippen LogP contribution in [0.2, 0.25) is 0 Å². The van der Waals surface area contributed by atoms with Crippen LogP contribution in [0.25, 0.3) is 11.0 Å². The maximum absolute atomic E-state index is 14.8. The Bertz CT molecular complexity index is 1250. The first-order valence-electron chi connectivity index (χ1n) is 11.3. The lowest BCUT2D eigenvalue weighted by Gasteiger charge is -2.30. The molecular formula is C23H27FN8O2. The standard InChI is InChI=1S/C23H27FN8O2/c1-32-8-9-34-23-22(32)29-18-10-12(6-7-17(18)30-23)27-20-13(19(26)33)11-14(24)21(31-20)28-16-5-3-2-4-15(16)25/h6-7,10-11,15-16H,2-5,8-9,25H2,1H3,(H2,26,33)(H2,27,28,31). The van der Waals surface area contributed by atoms with E-state index in [4.69, 9.17) is 16.2 Å². The topological polar surface area (TPSA) is 144 Å². The summed E-state index contributed by atoms with van der Waals surface area (Å²) in [4.78, 5) is 27.6. The molecule has 0 radical (unpaired) electrons. The molecule has 2 atom stereocenters. The van der Waals surface area contributed by atoms with E-state index in [9.17, 15) is 9.18 Å². The molecule has 1 amide bonds. The van der Waals surface area contributed by atoms with Crippen LogP contribution in [-0.2, 0) is 0 Å². The fourth-order valence-electron chi connectivity index (χ4n) is 4.36. The average molecular weight is 467 g/mol. The second kappa shape index (κ2) is 8.90. The number of aromatic nitrogens is 3. The van der Waals surface area contributed by atoms with Gasteiger partial charge < -0.3 is 31.7 Å². The van der Waals surface area contributed by atoms with E-state index < -0.39 is 11.7 Å². The van der Waals surface area contributed by atoms with Gasteiger partial charge in [0.25, 0.3) is 11.8 Å². The maximum Gasteiger partial charge on any atom is 0.258 e. The predicted molar refractivity (Wildman–Crippen MR) is 128 cm³/mol. The Morgan fingerprint density at radius 2 is 1.97 bits per heavy atom. The van der Waals surface area contributed by atoms with Crippen molar-refractivity contribution >= 4 is 40.1 Å². The van der Waals surface area contributed by atoms with Crippen molar-refractivity contribution in [3.05, 3.63) is 35.6 Å². The molecule has 0 saturated heterocycles. The van der Waals surface area contributed by atoms with E-state index in [0.717, 1.165) is 31.7 Å². The fourth-order valence-corrected chi connectivity index (χ4v) is 4.36. The third kappa shape index (κ3) is 4.26. The number of halogens is 1. The highest BCUT2D eigenvalue weighted by Crippen LogP contribution is 2.31. The number of benzene rings is 1. The van der Waals surface area contributed by atoms with E-state index in [1.54, 1.807) is 18.2 Å². The third-order valence-electron chi connectivity index (χ3n) is 6.29. The summed E-state index contributed by atoms with van der Waals surface area (Å²) in [6.07, 6.45) is 3.76. The lowest BCUT2D eigenvalue weighted by Crippen LogP contribution is -2.43. The van der Waals surface area contributed by atoms with Gasteiger partial charge in [-0.25, -0.2) is 19.3 Å². The van der Waals surface area contributed by atoms with Crippen molar-refractivity contribution in [3.8, 4) is 5.88 Å². The van der Waals surface area contributed by atoms with Crippen LogP contribution in [0.1, 0.15) is 36.0 Å². The van der Waals surface area contributed by atoms with Gasteiger partial charge in [0.2, 0.25) is 0 Å². The van der Waals surface area contributed by atoms with Crippen LogP contribution in [0.3, 0.4) is 0 Å². The van der Waals surface area contributed by atoms with Gasteiger partial charge in [0.15, 0.2) is 17.5 Å². The summed E-state index contributed by atoms with van der Waals surface area (Å²) in [6, 6.07) is 6.26. The van der Waals surface area contributed by atoms with E-state index in [2.05, 4.69) is 25.6 Å². The molecule has 178 valence electrons. The van der Waals surface area contributed by atoms with Gasteiger partial charge in [0.05, 0.1) is 23.1 Å². The zero-order chi connectivity index (χ0) is 23.8. The van der Waals surface area contributed by atoms with Crippen LogP contribution < -0.4 is 31.7 Å². The van der Waals surface area contributed by atoms with Crippen LogP contribution in [0.15, 0.2) is 24.3 Å². The molecule has 2 aliphatic rings. The van der Waals surface area contributed by atoms with E-state index in [0.29, 0.717) is 41.6 Å². The minimum atomic E-state index is -0.789. The molecule has 10 nitrogen and oxygen atoms in total. The highest BCUT2D eigenvalue weighted by molar-refractivity contribution is 5.99. The molecule has 11 heteroatoms. The quantitative estimate of drug-likeness (QED) is 0.446. The van der Waals surface area contributed by atoms with Crippen molar-refractivity contribution in [3.63, 3.8) is 0 Å². The van der Waals surface area contributed by atoms with E-state index in [-0.39, 0.29) is 29.3 Å². The average Bonchev–Trinajstić information content (AvgIpc) is 2.81. The summed E-state index contributed by atoms with van der Waals surface area (Å²) in [5.41, 5.74) is 13.6. The number of primary amides is 1. The summed E-state index contributed by atoms with van der Waals surface area (Å²) < 4.78 is 20.4. The van der Waals surface area contributed by atoms with Crippen LogP contribution in [0.4, 0.5) is 27.5 Å². The molecule has 6 N–H and O–H groups in total. The van der Waals surface area contributed by atoms with Crippen molar-refractivity contribution < 1.29 is 13.9 Å². The number of pyridine rings is 1. The largest absolute Gasteiger partial charge is 0.473 e. The molecule has 0 bridgehead atoms. The van der Waals surface area contributed by atoms with Crippen molar-refractivity contribution in [2.75, 3.05) is 35.7 Å². The molecule has 34 heavy (non-hydrogen) atoms. The lowest BCUT2D eigenvalue weighted by atomic mass is 9.91. The highest BCUT2D eigenvalue weighted by atomic mass is 19.1. The first-order valence-corrected chi connectivity index (χ1v) is 11.3. The molecule has 2 unspecified atom stereocenters. The SMILES string of the molecule is CN1CCOc2nc3ccc(Nc4nc(NC5CCCCC5N)c(F)cc4C(N)=O)cc3nc21. The second-order valence-electron chi connectivity index (χ2n) is 8.73. The molecule has 1 saturated carbocycles. The van der Waals surface area contributed by atoms with Gasteiger partial charge in [-0.1, -0.05) is 12.8 Å². The minimum Gasteiger partial charge on any atom is -0.473 e. The van der Waals surface area contributed by atoms with Gasteiger partial charge in [0.1, 0.15) is 12.4 Å². The Kier molecular flexibility index (Phi) is 5.78. The molecule has 1 aromatic carbocycles. The molecule has 1 aliphatic heterocycles. The zero-order valence-electron chi connectivity index (χ0n) is 18.8. The fraction of sp³-hybridized carbons (Fsp3) is 0.391. The second-order valence-corrected chi connectivity index (χ2v) is 8.73. The summed E-state index contributed by atoms with van der Waals surface area (Å²) in [6.45, 7) is 1.27. The normalized spacial score (nSPS) is 19.9. The van der Waals surface area contributed by atoms with E-state index in [1.165, 1.54) is 0 Å². The molecule has 1 aliphatic carbocycles. The Balaban J connectivity index is 1.48. The lowest BCUT2D eigenvalue weighted by molar-refractivity contribution is 0.100. The number of amides is 1. The Hall–Kier alpha value is -3.73.